The second-order valence-corrected chi connectivity index (χ2v) is 8.03. The standard InChI is InChI=1S/C13H21N3O2S/c1-9-13(7-14-11-3-4-11)10(2)16(15-9)12-5-6-19(17,18)8-12/h11-12,14H,3-8H2,1-2H3. The number of hydrogen-bond acceptors (Lipinski definition) is 4. The van der Waals surface area contributed by atoms with Crippen molar-refractivity contribution in [3.05, 3.63) is 17.0 Å². The molecule has 1 saturated carbocycles. The summed E-state index contributed by atoms with van der Waals surface area (Å²) in [7, 11) is -2.86. The molecule has 1 N–H and O–H groups in total. The molecule has 6 heteroatoms. The number of aryl methyl sites for hydroxylation is 1. The van der Waals surface area contributed by atoms with Crippen molar-refractivity contribution in [2.24, 2.45) is 0 Å². The van der Waals surface area contributed by atoms with Crippen LogP contribution < -0.4 is 5.32 Å². The van der Waals surface area contributed by atoms with Crippen molar-refractivity contribution >= 4 is 9.84 Å². The summed E-state index contributed by atoms with van der Waals surface area (Å²) in [6, 6.07) is 0.701. The lowest BCUT2D eigenvalue weighted by molar-refractivity contribution is 0.485. The van der Waals surface area contributed by atoms with Gasteiger partial charge < -0.3 is 5.32 Å². The number of hydrogen-bond donors (Lipinski definition) is 1. The quantitative estimate of drug-likeness (QED) is 0.899. The third-order valence-corrected chi connectivity index (χ3v) is 5.92. The van der Waals surface area contributed by atoms with Gasteiger partial charge in [0, 0.05) is 23.8 Å². The Morgan fingerprint density at radius 3 is 2.63 bits per heavy atom. The molecule has 0 amide bonds. The Bertz CT molecular complexity index is 587. The summed E-state index contributed by atoms with van der Waals surface area (Å²) in [6.45, 7) is 4.91. The highest BCUT2D eigenvalue weighted by atomic mass is 32.2. The van der Waals surface area contributed by atoms with Gasteiger partial charge in [-0.2, -0.15) is 5.10 Å². The molecule has 19 heavy (non-hydrogen) atoms. The molecular weight excluding hydrogens is 262 g/mol. The van der Waals surface area contributed by atoms with E-state index in [1.165, 1.54) is 18.4 Å². The lowest BCUT2D eigenvalue weighted by atomic mass is 10.2. The van der Waals surface area contributed by atoms with Gasteiger partial charge in [0.15, 0.2) is 9.84 Å². The first kappa shape index (κ1) is 13.1. The lowest BCUT2D eigenvalue weighted by Gasteiger charge is -2.11. The maximum Gasteiger partial charge on any atom is 0.152 e. The molecule has 1 aromatic rings. The highest BCUT2D eigenvalue weighted by Gasteiger charge is 2.31. The van der Waals surface area contributed by atoms with Gasteiger partial charge in [-0.25, -0.2) is 8.42 Å². The first-order valence-electron chi connectivity index (χ1n) is 6.94. The van der Waals surface area contributed by atoms with Gasteiger partial charge in [-0.15, -0.1) is 0 Å². The van der Waals surface area contributed by atoms with Crippen molar-refractivity contribution in [1.29, 1.82) is 0 Å². The van der Waals surface area contributed by atoms with Crippen molar-refractivity contribution in [2.45, 2.75) is 51.7 Å². The summed E-state index contributed by atoms with van der Waals surface area (Å²) in [5, 5.41) is 8.07. The largest absolute Gasteiger partial charge is 0.310 e. The van der Waals surface area contributed by atoms with E-state index in [9.17, 15) is 8.42 Å². The predicted molar refractivity (Wildman–Crippen MR) is 73.9 cm³/mol. The molecule has 1 unspecified atom stereocenters. The molecule has 2 heterocycles. The van der Waals surface area contributed by atoms with Gasteiger partial charge >= 0.3 is 0 Å². The van der Waals surface area contributed by atoms with Crippen LogP contribution in [0.5, 0.6) is 0 Å². The molecule has 2 fully saturated rings. The summed E-state index contributed by atoms with van der Waals surface area (Å²) in [5.41, 5.74) is 3.37. The van der Waals surface area contributed by atoms with Crippen molar-refractivity contribution < 1.29 is 8.42 Å². The van der Waals surface area contributed by atoms with Crippen molar-refractivity contribution in [3.63, 3.8) is 0 Å². The molecule has 0 radical (unpaired) electrons. The second kappa shape index (κ2) is 4.59. The Labute approximate surface area is 114 Å². The average molecular weight is 283 g/mol. The van der Waals surface area contributed by atoms with Crippen molar-refractivity contribution in [3.8, 4) is 0 Å². The smallest absolute Gasteiger partial charge is 0.152 e. The second-order valence-electron chi connectivity index (χ2n) is 5.81. The van der Waals surface area contributed by atoms with Gasteiger partial charge in [-0.3, -0.25) is 4.68 Å². The fraction of sp³-hybridized carbons (Fsp3) is 0.769. The molecule has 1 atom stereocenters. The predicted octanol–water partition coefficient (Wildman–Crippen LogP) is 1.11. The Balaban J connectivity index is 1.80. The van der Waals surface area contributed by atoms with E-state index in [0.717, 1.165) is 17.9 Å². The zero-order chi connectivity index (χ0) is 13.6. The van der Waals surface area contributed by atoms with Crippen molar-refractivity contribution in [1.82, 2.24) is 15.1 Å². The Morgan fingerprint density at radius 1 is 1.32 bits per heavy atom. The number of sulfone groups is 1. The summed E-state index contributed by atoms with van der Waals surface area (Å²) in [4.78, 5) is 0. The first-order valence-corrected chi connectivity index (χ1v) is 8.77. The maximum absolute atomic E-state index is 11.6. The van der Waals surface area contributed by atoms with Crippen molar-refractivity contribution in [2.75, 3.05) is 11.5 Å². The Hall–Kier alpha value is -0.880. The van der Waals surface area contributed by atoms with Gasteiger partial charge in [-0.1, -0.05) is 0 Å². The van der Waals surface area contributed by atoms with Gasteiger partial charge in [0.25, 0.3) is 0 Å². The van der Waals surface area contributed by atoms with E-state index in [1.807, 2.05) is 11.6 Å². The molecule has 0 spiro atoms. The number of nitrogens with zero attached hydrogens (tertiary/aromatic N) is 2. The molecule has 1 saturated heterocycles. The van der Waals surface area contributed by atoms with E-state index < -0.39 is 9.84 Å². The summed E-state index contributed by atoms with van der Waals surface area (Å²) in [6.07, 6.45) is 3.24. The van der Waals surface area contributed by atoms with Crippen LogP contribution in [0.4, 0.5) is 0 Å². The summed E-state index contributed by atoms with van der Waals surface area (Å²) >= 11 is 0. The summed E-state index contributed by atoms with van der Waals surface area (Å²) in [5.74, 6) is 0.538. The Kier molecular flexibility index (Phi) is 3.17. The highest BCUT2D eigenvalue weighted by Crippen LogP contribution is 2.27. The zero-order valence-electron chi connectivity index (χ0n) is 11.5. The molecule has 0 bridgehead atoms. The molecule has 1 aliphatic heterocycles. The van der Waals surface area contributed by atoms with Gasteiger partial charge in [0.1, 0.15) is 0 Å². The topological polar surface area (TPSA) is 64.0 Å². The van der Waals surface area contributed by atoms with E-state index in [2.05, 4.69) is 17.3 Å². The molecule has 3 rings (SSSR count). The normalized spacial score (nSPS) is 25.9. The van der Waals surface area contributed by atoms with Crippen LogP contribution in [0.2, 0.25) is 0 Å². The molecule has 1 aromatic heterocycles. The SMILES string of the molecule is Cc1nn(C2CCS(=O)(=O)C2)c(C)c1CNC1CC1. The zero-order valence-corrected chi connectivity index (χ0v) is 12.3. The fourth-order valence-electron chi connectivity index (χ4n) is 2.81. The van der Waals surface area contributed by atoms with E-state index in [-0.39, 0.29) is 11.8 Å². The minimum Gasteiger partial charge on any atom is -0.310 e. The summed E-state index contributed by atoms with van der Waals surface area (Å²) < 4.78 is 25.1. The minimum atomic E-state index is -2.86. The van der Waals surface area contributed by atoms with Crippen LogP contribution in [0.25, 0.3) is 0 Å². The van der Waals surface area contributed by atoms with Crippen LogP contribution in [0.1, 0.15) is 42.3 Å². The third-order valence-electron chi connectivity index (χ3n) is 4.17. The van der Waals surface area contributed by atoms with Gasteiger partial charge in [-0.05, 0) is 33.1 Å². The highest BCUT2D eigenvalue weighted by molar-refractivity contribution is 7.91. The molecular formula is C13H21N3O2S. The number of aromatic nitrogens is 2. The average Bonchev–Trinajstić information content (AvgIpc) is 3.03. The molecule has 2 aliphatic rings. The van der Waals surface area contributed by atoms with E-state index in [1.54, 1.807) is 0 Å². The van der Waals surface area contributed by atoms with E-state index in [0.29, 0.717) is 18.2 Å². The molecule has 0 aromatic carbocycles. The first-order chi connectivity index (χ1) is 8.96. The Morgan fingerprint density at radius 2 is 2.05 bits per heavy atom. The molecule has 5 nitrogen and oxygen atoms in total. The lowest BCUT2D eigenvalue weighted by Crippen LogP contribution is -2.17. The third kappa shape index (κ3) is 2.69. The van der Waals surface area contributed by atoms with Crippen LogP contribution in [0.15, 0.2) is 0 Å². The number of nitrogens with one attached hydrogen (secondary N) is 1. The van der Waals surface area contributed by atoms with Gasteiger partial charge in [0.05, 0.1) is 23.2 Å². The fourth-order valence-corrected chi connectivity index (χ4v) is 4.50. The van der Waals surface area contributed by atoms with Crippen LogP contribution in [0, 0.1) is 13.8 Å². The monoisotopic (exact) mass is 283 g/mol. The van der Waals surface area contributed by atoms with Crippen LogP contribution in [0.3, 0.4) is 0 Å². The minimum absolute atomic E-state index is 0.0263. The van der Waals surface area contributed by atoms with E-state index >= 15 is 0 Å². The van der Waals surface area contributed by atoms with Crippen LogP contribution in [-0.4, -0.2) is 35.7 Å². The number of rotatable bonds is 4. The van der Waals surface area contributed by atoms with E-state index in [4.69, 9.17) is 0 Å². The maximum atomic E-state index is 11.6. The van der Waals surface area contributed by atoms with Crippen LogP contribution in [-0.2, 0) is 16.4 Å². The molecule has 1 aliphatic carbocycles. The molecule has 106 valence electrons. The van der Waals surface area contributed by atoms with Crippen LogP contribution >= 0.6 is 0 Å². The van der Waals surface area contributed by atoms with Gasteiger partial charge in [0.2, 0.25) is 0 Å².